The van der Waals surface area contributed by atoms with Crippen molar-refractivity contribution in [2.45, 2.75) is 41.3 Å². The third-order valence-corrected chi connectivity index (χ3v) is 5.01. The molecular weight excluding hydrogens is 406 g/mol. The van der Waals surface area contributed by atoms with E-state index in [2.05, 4.69) is 0 Å². The van der Waals surface area contributed by atoms with Gasteiger partial charge >= 0.3 is 6.18 Å². The van der Waals surface area contributed by atoms with E-state index in [9.17, 15) is 13.2 Å². The molecule has 0 radical (unpaired) electrons. The lowest BCUT2D eigenvalue weighted by Gasteiger charge is -2.11. The minimum absolute atomic E-state index is 0. The van der Waals surface area contributed by atoms with Gasteiger partial charge in [-0.2, -0.15) is 13.2 Å². The van der Waals surface area contributed by atoms with Crippen molar-refractivity contribution in [1.29, 1.82) is 0 Å². The summed E-state index contributed by atoms with van der Waals surface area (Å²) in [4.78, 5) is 1.28. The average molecular weight is 426 g/mol. The van der Waals surface area contributed by atoms with Gasteiger partial charge in [0.2, 0.25) is 0 Å². The fourth-order valence-corrected chi connectivity index (χ4v) is 3.57. The van der Waals surface area contributed by atoms with E-state index < -0.39 is 11.7 Å². The van der Waals surface area contributed by atoms with Crippen molar-refractivity contribution in [2.24, 2.45) is 5.73 Å². The predicted octanol–water partition coefficient (Wildman–Crippen LogP) is 5.57. The van der Waals surface area contributed by atoms with E-state index in [0.717, 1.165) is 35.4 Å². The zero-order chi connectivity index (χ0) is 18.4. The zero-order valence-corrected chi connectivity index (χ0v) is 16.2. The lowest BCUT2D eigenvalue weighted by molar-refractivity contribution is -0.137. The van der Waals surface area contributed by atoms with Crippen molar-refractivity contribution in [2.75, 3.05) is 6.61 Å². The third-order valence-electron chi connectivity index (χ3n) is 3.68. The summed E-state index contributed by atoms with van der Waals surface area (Å²) in [5, 5.41) is 9.49. The number of aliphatic hydroxyl groups excluding tert-OH is 1. The van der Waals surface area contributed by atoms with Gasteiger partial charge in [-0.15, -0.1) is 12.4 Å². The molecule has 144 valence electrons. The van der Waals surface area contributed by atoms with E-state index in [1.807, 2.05) is 12.1 Å². The second-order valence-electron chi connectivity index (χ2n) is 5.72. The van der Waals surface area contributed by atoms with Crippen LogP contribution in [0.15, 0.2) is 52.3 Å². The first-order valence-electron chi connectivity index (χ1n) is 7.79. The molecule has 0 aromatic heterocycles. The maximum absolute atomic E-state index is 12.8. The number of aryl methyl sites for hydroxylation is 1. The van der Waals surface area contributed by atoms with Gasteiger partial charge < -0.3 is 10.8 Å². The Morgan fingerprint density at radius 1 is 1.12 bits per heavy atom. The summed E-state index contributed by atoms with van der Waals surface area (Å²) in [6.45, 7) is -0.0414. The molecule has 0 saturated heterocycles. The van der Waals surface area contributed by atoms with Gasteiger partial charge in [0.15, 0.2) is 0 Å². The van der Waals surface area contributed by atoms with Crippen LogP contribution in [0.3, 0.4) is 0 Å². The van der Waals surface area contributed by atoms with Crippen LogP contribution in [0.4, 0.5) is 13.2 Å². The Hall–Kier alpha value is -0.920. The van der Waals surface area contributed by atoms with Crippen LogP contribution in [0.1, 0.15) is 24.0 Å². The summed E-state index contributed by atoms with van der Waals surface area (Å²) >= 11 is 7.51. The SMILES string of the molecule is Cl.NC(CO)CCCc1ccc(Sc2cccc(C(F)(F)F)c2)cc1Cl. The molecule has 0 amide bonds. The maximum Gasteiger partial charge on any atom is 0.416 e. The first kappa shape index (κ1) is 23.1. The van der Waals surface area contributed by atoms with Crippen LogP contribution in [-0.2, 0) is 12.6 Å². The standard InChI is InChI=1S/C18H19ClF3NOS.ClH/c19-17-10-16(8-7-12(17)3-1-5-14(23)11-24)25-15-6-2-4-13(9-15)18(20,21)22;/h2,4,6-10,14,24H,1,3,5,11,23H2;1H. The van der Waals surface area contributed by atoms with E-state index >= 15 is 0 Å². The molecule has 8 heteroatoms. The molecule has 0 spiro atoms. The monoisotopic (exact) mass is 425 g/mol. The fraction of sp³-hybridized carbons (Fsp3) is 0.333. The van der Waals surface area contributed by atoms with Crippen molar-refractivity contribution >= 4 is 35.8 Å². The van der Waals surface area contributed by atoms with Gasteiger partial charge in [0.25, 0.3) is 0 Å². The van der Waals surface area contributed by atoms with Gasteiger partial charge in [0, 0.05) is 20.9 Å². The molecule has 0 aliphatic carbocycles. The Bertz CT molecular complexity index is 713. The lowest BCUT2D eigenvalue weighted by Crippen LogP contribution is -2.24. The quantitative estimate of drug-likeness (QED) is 0.608. The molecule has 0 aliphatic heterocycles. The van der Waals surface area contributed by atoms with Crippen molar-refractivity contribution in [1.82, 2.24) is 0 Å². The van der Waals surface area contributed by atoms with Crippen LogP contribution in [0, 0.1) is 0 Å². The van der Waals surface area contributed by atoms with Gasteiger partial charge in [0.1, 0.15) is 0 Å². The molecule has 3 N–H and O–H groups in total. The molecule has 1 atom stereocenters. The van der Waals surface area contributed by atoms with Gasteiger partial charge in [0.05, 0.1) is 12.2 Å². The van der Waals surface area contributed by atoms with Crippen LogP contribution in [-0.4, -0.2) is 17.8 Å². The van der Waals surface area contributed by atoms with Crippen molar-refractivity contribution < 1.29 is 18.3 Å². The second-order valence-corrected chi connectivity index (χ2v) is 7.27. The number of aliphatic hydroxyl groups is 1. The van der Waals surface area contributed by atoms with E-state index in [0.29, 0.717) is 16.3 Å². The number of halogens is 5. The molecule has 2 aromatic carbocycles. The topological polar surface area (TPSA) is 46.2 Å². The molecule has 2 rings (SSSR count). The summed E-state index contributed by atoms with van der Waals surface area (Å²) < 4.78 is 38.3. The highest BCUT2D eigenvalue weighted by Gasteiger charge is 2.30. The Balaban J connectivity index is 0.00000338. The molecule has 0 aliphatic rings. The Morgan fingerprint density at radius 3 is 2.42 bits per heavy atom. The highest BCUT2D eigenvalue weighted by Crippen LogP contribution is 2.35. The highest BCUT2D eigenvalue weighted by atomic mass is 35.5. The first-order chi connectivity index (χ1) is 11.8. The molecule has 0 saturated carbocycles. The van der Waals surface area contributed by atoms with Crippen LogP contribution < -0.4 is 5.73 Å². The smallest absolute Gasteiger partial charge is 0.395 e. The Morgan fingerprint density at radius 2 is 1.81 bits per heavy atom. The Kier molecular flexibility index (Phi) is 9.27. The fourth-order valence-electron chi connectivity index (χ4n) is 2.31. The summed E-state index contributed by atoms with van der Waals surface area (Å²) in [6, 6.07) is 10.5. The molecule has 2 aromatic rings. The number of nitrogens with two attached hydrogens (primary N) is 1. The second kappa shape index (κ2) is 10.4. The zero-order valence-electron chi connectivity index (χ0n) is 13.8. The normalized spacial score (nSPS) is 12.5. The van der Waals surface area contributed by atoms with Gasteiger partial charge in [-0.3, -0.25) is 0 Å². The predicted molar refractivity (Wildman–Crippen MR) is 102 cm³/mol. The van der Waals surface area contributed by atoms with Crippen molar-refractivity contribution in [3.05, 3.63) is 58.6 Å². The highest BCUT2D eigenvalue weighted by molar-refractivity contribution is 7.99. The summed E-state index contributed by atoms with van der Waals surface area (Å²) in [5.41, 5.74) is 5.95. The van der Waals surface area contributed by atoms with Crippen LogP contribution in [0.5, 0.6) is 0 Å². The van der Waals surface area contributed by atoms with Crippen molar-refractivity contribution in [3.63, 3.8) is 0 Å². The minimum Gasteiger partial charge on any atom is -0.395 e. The van der Waals surface area contributed by atoms with E-state index in [1.54, 1.807) is 12.1 Å². The number of benzene rings is 2. The first-order valence-corrected chi connectivity index (χ1v) is 8.99. The lowest BCUT2D eigenvalue weighted by atomic mass is 10.1. The minimum atomic E-state index is -4.35. The molecule has 0 bridgehead atoms. The molecule has 26 heavy (non-hydrogen) atoms. The van der Waals surface area contributed by atoms with Crippen LogP contribution in [0.25, 0.3) is 0 Å². The van der Waals surface area contributed by atoms with E-state index in [-0.39, 0.29) is 25.1 Å². The molecule has 2 nitrogen and oxygen atoms in total. The Labute approximate surface area is 166 Å². The van der Waals surface area contributed by atoms with Crippen LogP contribution in [0.2, 0.25) is 5.02 Å². The number of hydrogen-bond acceptors (Lipinski definition) is 3. The average Bonchev–Trinajstić information content (AvgIpc) is 2.56. The number of alkyl halides is 3. The third kappa shape index (κ3) is 7.00. The van der Waals surface area contributed by atoms with E-state index in [1.165, 1.54) is 17.8 Å². The van der Waals surface area contributed by atoms with Crippen LogP contribution >= 0.6 is 35.8 Å². The summed E-state index contributed by atoms with van der Waals surface area (Å²) in [6.07, 6.45) is -2.11. The van der Waals surface area contributed by atoms with Gasteiger partial charge in [-0.05, 0) is 55.2 Å². The maximum atomic E-state index is 12.8. The van der Waals surface area contributed by atoms with Gasteiger partial charge in [-0.1, -0.05) is 35.5 Å². The number of rotatable bonds is 7. The summed E-state index contributed by atoms with van der Waals surface area (Å²) in [5.74, 6) is 0. The van der Waals surface area contributed by atoms with E-state index in [4.69, 9.17) is 22.4 Å². The van der Waals surface area contributed by atoms with Crippen molar-refractivity contribution in [3.8, 4) is 0 Å². The largest absolute Gasteiger partial charge is 0.416 e. The molecular formula is C18H20Cl2F3NOS. The molecule has 0 heterocycles. The number of hydrogen-bond donors (Lipinski definition) is 2. The molecule has 0 fully saturated rings. The summed E-state index contributed by atoms with van der Waals surface area (Å²) in [7, 11) is 0. The van der Waals surface area contributed by atoms with Gasteiger partial charge in [-0.25, -0.2) is 0 Å². The molecule has 1 unspecified atom stereocenters.